The molecule has 2 atom stereocenters. The van der Waals surface area contributed by atoms with Crippen molar-refractivity contribution < 1.29 is 18.7 Å². The molecule has 6 heteroatoms. The fourth-order valence-corrected chi connectivity index (χ4v) is 2.86. The first-order valence-electron chi connectivity index (χ1n) is 7.51. The summed E-state index contributed by atoms with van der Waals surface area (Å²) >= 11 is 0. The number of amides is 1. The summed E-state index contributed by atoms with van der Waals surface area (Å²) in [6.07, 6.45) is 1.18. The number of carbonyl (C=O) groups excluding carboxylic acids is 1. The number of benzene rings is 1. The lowest BCUT2D eigenvalue weighted by molar-refractivity contribution is -0.119. The summed E-state index contributed by atoms with van der Waals surface area (Å²) in [6.45, 7) is 2.86. The molecule has 1 aromatic carbocycles. The number of nitrogens with zero attached hydrogens (tertiary/aromatic N) is 1. The number of methoxy groups -OCH3 is 1. The Hall–Kier alpha value is -1.66. The summed E-state index contributed by atoms with van der Waals surface area (Å²) in [6, 6.07) is 6.38. The molecule has 0 aromatic heterocycles. The monoisotopic (exact) mass is 310 g/mol. The predicted molar refractivity (Wildman–Crippen MR) is 81.1 cm³/mol. The molecule has 1 aliphatic heterocycles. The maximum atomic E-state index is 13.4. The van der Waals surface area contributed by atoms with Crippen LogP contribution in [0.1, 0.15) is 12.8 Å². The Morgan fingerprint density at radius 2 is 2.18 bits per heavy atom. The highest BCUT2D eigenvalue weighted by Crippen LogP contribution is 2.22. The number of primary amides is 1. The smallest absolute Gasteiger partial charge is 0.217 e. The summed E-state index contributed by atoms with van der Waals surface area (Å²) in [5.74, 6) is -0.207. The van der Waals surface area contributed by atoms with Gasteiger partial charge in [0.05, 0.1) is 12.7 Å². The van der Waals surface area contributed by atoms with Gasteiger partial charge in [-0.15, -0.1) is 0 Å². The molecule has 1 heterocycles. The van der Waals surface area contributed by atoms with Crippen LogP contribution in [0.25, 0.3) is 0 Å². The number of halogens is 1. The van der Waals surface area contributed by atoms with E-state index in [0.717, 1.165) is 26.1 Å². The molecule has 1 aromatic rings. The van der Waals surface area contributed by atoms with Crippen LogP contribution in [-0.2, 0) is 9.53 Å². The SMILES string of the molecule is CO[C@H]1CN(CCCOc2ccccc2F)C[C@H]1CC(N)=O. The second-order valence-corrected chi connectivity index (χ2v) is 5.60. The largest absolute Gasteiger partial charge is 0.490 e. The Morgan fingerprint density at radius 3 is 2.86 bits per heavy atom. The Kier molecular flexibility index (Phi) is 6.15. The van der Waals surface area contributed by atoms with Crippen molar-refractivity contribution in [1.29, 1.82) is 0 Å². The number of likely N-dealkylation sites (tertiary alicyclic amines) is 1. The number of carbonyl (C=O) groups is 1. The average Bonchev–Trinajstić information content (AvgIpc) is 2.86. The first kappa shape index (κ1) is 16.7. The van der Waals surface area contributed by atoms with Gasteiger partial charge in [0.25, 0.3) is 0 Å². The lowest BCUT2D eigenvalue weighted by atomic mass is 10.0. The first-order valence-corrected chi connectivity index (χ1v) is 7.51. The van der Waals surface area contributed by atoms with Gasteiger partial charge >= 0.3 is 0 Å². The number of nitrogens with two attached hydrogens (primary N) is 1. The molecule has 0 unspecified atom stereocenters. The van der Waals surface area contributed by atoms with Crippen molar-refractivity contribution in [3.05, 3.63) is 30.1 Å². The zero-order valence-electron chi connectivity index (χ0n) is 12.8. The van der Waals surface area contributed by atoms with Crippen molar-refractivity contribution in [2.45, 2.75) is 18.9 Å². The summed E-state index contributed by atoms with van der Waals surface area (Å²) in [5, 5.41) is 0. The van der Waals surface area contributed by atoms with Gasteiger partial charge in [-0.25, -0.2) is 4.39 Å². The third kappa shape index (κ3) is 4.68. The minimum absolute atomic E-state index is 0.0417. The molecule has 0 spiro atoms. The molecule has 2 N–H and O–H groups in total. The quantitative estimate of drug-likeness (QED) is 0.738. The molecule has 122 valence electrons. The van der Waals surface area contributed by atoms with Gasteiger partial charge in [0.15, 0.2) is 11.6 Å². The molecular formula is C16H23FN2O3. The van der Waals surface area contributed by atoms with E-state index in [1.54, 1.807) is 25.3 Å². The maximum Gasteiger partial charge on any atom is 0.217 e. The molecule has 0 radical (unpaired) electrons. The molecule has 0 aliphatic carbocycles. The summed E-state index contributed by atoms with van der Waals surface area (Å²) in [4.78, 5) is 13.3. The standard InChI is InChI=1S/C16H23FN2O3/c1-21-15-11-19(10-12(15)9-16(18)20)7-4-8-22-14-6-3-2-5-13(14)17/h2-3,5-6,12,15H,4,7-11H2,1H3,(H2,18,20)/t12-,15+/m1/s1. The van der Waals surface area contributed by atoms with E-state index < -0.39 is 0 Å². The predicted octanol–water partition coefficient (Wildman–Crippen LogP) is 1.42. The van der Waals surface area contributed by atoms with Crippen LogP contribution in [0.5, 0.6) is 5.75 Å². The second-order valence-electron chi connectivity index (χ2n) is 5.60. The Morgan fingerprint density at radius 1 is 1.41 bits per heavy atom. The van der Waals surface area contributed by atoms with Crippen molar-refractivity contribution in [2.75, 3.05) is 33.4 Å². The van der Waals surface area contributed by atoms with Crippen LogP contribution in [0.2, 0.25) is 0 Å². The van der Waals surface area contributed by atoms with Gasteiger partial charge in [-0.05, 0) is 18.6 Å². The van der Waals surface area contributed by atoms with Crippen molar-refractivity contribution >= 4 is 5.91 Å². The molecule has 2 rings (SSSR count). The van der Waals surface area contributed by atoms with Gasteiger partial charge in [0.2, 0.25) is 5.91 Å². The van der Waals surface area contributed by atoms with Crippen molar-refractivity contribution in [3.8, 4) is 5.75 Å². The van der Waals surface area contributed by atoms with E-state index in [4.69, 9.17) is 15.2 Å². The minimum Gasteiger partial charge on any atom is -0.490 e. The van der Waals surface area contributed by atoms with Gasteiger partial charge in [-0.3, -0.25) is 4.79 Å². The van der Waals surface area contributed by atoms with Gasteiger partial charge in [-0.2, -0.15) is 0 Å². The third-order valence-corrected chi connectivity index (χ3v) is 3.94. The highest BCUT2D eigenvalue weighted by Gasteiger charge is 2.33. The third-order valence-electron chi connectivity index (χ3n) is 3.94. The zero-order valence-corrected chi connectivity index (χ0v) is 12.8. The first-order chi connectivity index (χ1) is 10.6. The van der Waals surface area contributed by atoms with Crippen LogP contribution in [0.15, 0.2) is 24.3 Å². The number of rotatable bonds is 8. The average molecular weight is 310 g/mol. The Balaban J connectivity index is 1.71. The second kappa shape index (κ2) is 8.10. The molecule has 1 aliphatic rings. The molecule has 0 bridgehead atoms. The maximum absolute atomic E-state index is 13.4. The van der Waals surface area contributed by atoms with Gasteiger partial charge < -0.3 is 20.1 Å². The lowest BCUT2D eigenvalue weighted by Crippen LogP contribution is -2.26. The molecule has 0 saturated carbocycles. The van der Waals surface area contributed by atoms with Gasteiger partial charge in [-0.1, -0.05) is 12.1 Å². The van der Waals surface area contributed by atoms with E-state index in [1.165, 1.54) is 6.07 Å². The molecule has 1 fully saturated rings. The lowest BCUT2D eigenvalue weighted by Gasteiger charge is -2.15. The highest BCUT2D eigenvalue weighted by atomic mass is 19.1. The van der Waals surface area contributed by atoms with E-state index >= 15 is 0 Å². The van der Waals surface area contributed by atoms with Crippen LogP contribution in [0.3, 0.4) is 0 Å². The minimum atomic E-state index is -0.343. The molecule has 22 heavy (non-hydrogen) atoms. The highest BCUT2D eigenvalue weighted by molar-refractivity contribution is 5.74. The van der Waals surface area contributed by atoms with Crippen LogP contribution in [0, 0.1) is 11.7 Å². The molecular weight excluding hydrogens is 287 g/mol. The number of ether oxygens (including phenoxy) is 2. The summed E-state index contributed by atoms with van der Waals surface area (Å²) in [7, 11) is 1.66. The van der Waals surface area contributed by atoms with Crippen molar-refractivity contribution in [2.24, 2.45) is 11.7 Å². The van der Waals surface area contributed by atoms with Crippen LogP contribution < -0.4 is 10.5 Å². The topological polar surface area (TPSA) is 64.8 Å². The van der Waals surface area contributed by atoms with Crippen molar-refractivity contribution in [1.82, 2.24) is 4.90 Å². The fourth-order valence-electron chi connectivity index (χ4n) is 2.86. The molecule has 1 saturated heterocycles. The van der Waals surface area contributed by atoms with E-state index in [9.17, 15) is 9.18 Å². The van der Waals surface area contributed by atoms with Crippen LogP contribution in [0.4, 0.5) is 4.39 Å². The van der Waals surface area contributed by atoms with E-state index in [1.807, 2.05) is 0 Å². The Bertz CT molecular complexity index is 498. The fraction of sp³-hybridized carbons (Fsp3) is 0.562. The number of hydrogen-bond donors (Lipinski definition) is 1. The summed E-state index contributed by atoms with van der Waals surface area (Å²) in [5.41, 5.74) is 5.27. The van der Waals surface area contributed by atoms with E-state index in [-0.39, 0.29) is 29.5 Å². The van der Waals surface area contributed by atoms with E-state index in [2.05, 4.69) is 4.90 Å². The van der Waals surface area contributed by atoms with Crippen LogP contribution in [-0.4, -0.2) is 50.3 Å². The van der Waals surface area contributed by atoms with Crippen molar-refractivity contribution in [3.63, 3.8) is 0 Å². The van der Waals surface area contributed by atoms with E-state index in [0.29, 0.717) is 13.0 Å². The Labute approximate surface area is 130 Å². The normalized spacial score (nSPS) is 21.9. The number of hydrogen-bond acceptors (Lipinski definition) is 4. The van der Waals surface area contributed by atoms with Crippen LogP contribution >= 0.6 is 0 Å². The summed E-state index contributed by atoms with van der Waals surface area (Å²) < 4.78 is 24.2. The van der Waals surface area contributed by atoms with Gasteiger partial charge in [0.1, 0.15) is 0 Å². The molecule has 5 nitrogen and oxygen atoms in total. The van der Waals surface area contributed by atoms with Gasteiger partial charge in [0, 0.05) is 39.1 Å². The zero-order chi connectivity index (χ0) is 15.9. The molecule has 1 amide bonds. The number of para-hydroxylation sites is 1.